The van der Waals surface area contributed by atoms with Crippen LogP contribution in [0.4, 0.5) is 10.1 Å². The molecule has 2 rings (SSSR count). The zero-order valence-electron chi connectivity index (χ0n) is 12.9. The molecule has 2 aromatic rings. The number of halogens is 1. The van der Waals surface area contributed by atoms with Gasteiger partial charge in [-0.3, -0.25) is 0 Å². The summed E-state index contributed by atoms with van der Waals surface area (Å²) in [5.41, 5.74) is 1.70. The van der Waals surface area contributed by atoms with Crippen molar-refractivity contribution in [2.24, 2.45) is 0 Å². The molecule has 0 saturated carbocycles. The number of anilines is 1. The first-order valence-electron chi connectivity index (χ1n) is 7.39. The SMILES string of the molecule is CCCNCc1c(F)cccc1N(C)C(C)c1cccs1. The van der Waals surface area contributed by atoms with Crippen LogP contribution in [0.2, 0.25) is 0 Å². The lowest BCUT2D eigenvalue weighted by atomic mass is 10.1. The van der Waals surface area contributed by atoms with Gasteiger partial charge in [0, 0.05) is 29.7 Å². The van der Waals surface area contributed by atoms with Gasteiger partial charge in [-0.05, 0) is 43.5 Å². The third-order valence-electron chi connectivity index (χ3n) is 3.74. The number of hydrogen-bond acceptors (Lipinski definition) is 3. The highest BCUT2D eigenvalue weighted by atomic mass is 32.1. The van der Waals surface area contributed by atoms with Gasteiger partial charge in [0.05, 0.1) is 6.04 Å². The summed E-state index contributed by atoms with van der Waals surface area (Å²) >= 11 is 1.73. The number of hydrogen-bond donors (Lipinski definition) is 1. The summed E-state index contributed by atoms with van der Waals surface area (Å²) in [5.74, 6) is -0.138. The maximum atomic E-state index is 14.2. The maximum absolute atomic E-state index is 14.2. The molecule has 0 spiro atoms. The Bertz CT molecular complexity index is 554. The minimum absolute atomic E-state index is 0.138. The van der Waals surface area contributed by atoms with Crippen LogP contribution < -0.4 is 10.2 Å². The number of nitrogens with zero attached hydrogens (tertiary/aromatic N) is 1. The maximum Gasteiger partial charge on any atom is 0.129 e. The Morgan fingerprint density at radius 1 is 1.29 bits per heavy atom. The average Bonchev–Trinajstić information content (AvgIpc) is 3.01. The van der Waals surface area contributed by atoms with E-state index in [1.807, 2.05) is 13.1 Å². The molecule has 21 heavy (non-hydrogen) atoms. The lowest BCUT2D eigenvalue weighted by Gasteiger charge is -2.28. The Labute approximate surface area is 130 Å². The molecule has 0 amide bonds. The van der Waals surface area contributed by atoms with Gasteiger partial charge in [0.15, 0.2) is 0 Å². The molecule has 0 fully saturated rings. The van der Waals surface area contributed by atoms with E-state index in [1.54, 1.807) is 17.4 Å². The summed E-state index contributed by atoms with van der Waals surface area (Å²) in [7, 11) is 2.03. The van der Waals surface area contributed by atoms with E-state index >= 15 is 0 Å². The van der Waals surface area contributed by atoms with Crippen LogP contribution in [0, 0.1) is 5.82 Å². The van der Waals surface area contributed by atoms with E-state index in [-0.39, 0.29) is 11.9 Å². The van der Waals surface area contributed by atoms with Crippen LogP contribution in [0.15, 0.2) is 35.7 Å². The molecule has 1 aromatic carbocycles. The number of benzene rings is 1. The van der Waals surface area contributed by atoms with Gasteiger partial charge >= 0.3 is 0 Å². The quantitative estimate of drug-likeness (QED) is 0.753. The topological polar surface area (TPSA) is 15.3 Å². The predicted molar refractivity (Wildman–Crippen MR) is 89.5 cm³/mol. The molecule has 0 saturated heterocycles. The highest BCUT2D eigenvalue weighted by molar-refractivity contribution is 7.10. The molecule has 0 aliphatic rings. The third-order valence-corrected chi connectivity index (χ3v) is 4.78. The zero-order chi connectivity index (χ0) is 15.2. The van der Waals surface area contributed by atoms with E-state index in [2.05, 4.69) is 41.6 Å². The van der Waals surface area contributed by atoms with Crippen LogP contribution in [0.3, 0.4) is 0 Å². The van der Waals surface area contributed by atoms with E-state index in [1.165, 1.54) is 10.9 Å². The molecule has 1 heterocycles. The minimum atomic E-state index is -0.138. The number of thiophene rings is 1. The van der Waals surface area contributed by atoms with Crippen molar-refractivity contribution in [3.63, 3.8) is 0 Å². The Hall–Kier alpha value is -1.39. The van der Waals surface area contributed by atoms with Crippen molar-refractivity contribution in [1.29, 1.82) is 0 Å². The molecule has 0 radical (unpaired) electrons. The Morgan fingerprint density at radius 2 is 2.10 bits per heavy atom. The van der Waals surface area contributed by atoms with Crippen molar-refractivity contribution in [2.45, 2.75) is 32.9 Å². The van der Waals surface area contributed by atoms with Crippen molar-refractivity contribution in [3.8, 4) is 0 Å². The molecule has 1 N–H and O–H groups in total. The summed E-state index contributed by atoms with van der Waals surface area (Å²) in [6, 6.07) is 9.73. The van der Waals surface area contributed by atoms with Gasteiger partial charge in [-0.1, -0.05) is 19.1 Å². The Balaban J connectivity index is 2.23. The van der Waals surface area contributed by atoms with Crippen molar-refractivity contribution < 1.29 is 4.39 Å². The molecule has 0 bridgehead atoms. The number of rotatable bonds is 7. The third kappa shape index (κ3) is 3.83. The Morgan fingerprint density at radius 3 is 2.76 bits per heavy atom. The second kappa shape index (κ2) is 7.57. The summed E-state index contributed by atoms with van der Waals surface area (Å²) < 4.78 is 14.2. The standard InChI is InChI=1S/C17H23FN2S/c1-4-10-19-12-14-15(18)7-5-8-16(14)20(3)13(2)17-9-6-11-21-17/h5-9,11,13,19H,4,10,12H2,1-3H3. The first kappa shape index (κ1) is 16.0. The van der Waals surface area contributed by atoms with Gasteiger partial charge < -0.3 is 10.2 Å². The first-order chi connectivity index (χ1) is 10.1. The molecule has 1 atom stereocenters. The fourth-order valence-corrected chi connectivity index (χ4v) is 3.20. The normalized spacial score (nSPS) is 12.4. The monoisotopic (exact) mass is 306 g/mol. The lowest BCUT2D eigenvalue weighted by Crippen LogP contribution is -2.24. The average molecular weight is 306 g/mol. The second-order valence-electron chi connectivity index (χ2n) is 5.22. The van der Waals surface area contributed by atoms with Crippen LogP contribution >= 0.6 is 11.3 Å². The summed E-state index contributed by atoms with van der Waals surface area (Å²) in [5, 5.41) is 5.38. The van der Waals surface area contributed by atoms with Crippen LogP contribution in [0.5, 0.6) is 0 Å². The molecule has 0 aliphatic heterocycles. The van der Waals surface area contributed by atoms with Crippen molar-refractivity contribution in [2.75, 3.05) is 18.5 Å². The fraction of sp³-hybridized carbons (Fsp3) is 0.412. The fourth-order valence-electron chi connectivity index (χ4n) is 2.37. The molecule has 4 heteroatoms. The van der Waals surface area contributed by atoms with E-state index in [0.717, 1.165) is 24.2 Å². The second-order valence-corrected chi connectivity index (χ2v) is 6.20. The van der Waals surface area contributed by atoms with E-state index in [0.29, 0.717) is 6.54 Å². The van der Waals surface area contributed by atoms with Crippen molar-refractivity contribution in [1.82, 2.24) is 5.32 Å². The molecule has 2 nitrogen and oxygen atoms in total. The molecule has 1 aromatic heterocycles. The molecular weight excluding hydrogens is 283 g/mol. The predicted octanol–water partition coefficient (Wildman–Crippen LogP) is 4.58. The Kier molecular flexibility index (Phi) is 5.76. The smallest absolute Gasteiger partial charge is 0.129 e. The van der Waals surface area contributed by atoms with Crippen LogP contribution in [0.1, 0.15) is 36.8 Å². The molecular formula is C17H23FN2S. The van der Waals surface area contributed by atoms with Gasteiger partial charge in [0.25, 0.3) is 0 Å². The van der Waals surface area contributed by atoms with E-state index in [9.17, 15) is 4.39 Å². The van der Waals surface area contributed by atoms with Gasteiger partial charge in [-0.25, -0.2) is 4.39 Å². The van der Waals surface area contributed by atoms with Gasteiger partial charge in [-0.2, -0.15) is 0 Å². The molecule has 0 aliphatic carbocycles. The lowest BCUT2D eigenvalue weighted by molar-refractivity contribution is 0.583. The minimum Gasteiger partial charge on any atom is -0.367 e. The highest BCUT2D eigenvalue weighted by Crippen LogP contribution is 2.31. The van der Waals surface area contributed by atoms with Crippen molar-refractivity contribution in [3.05, 3.63) is 52.0 Å². The highest BCUT2D eigenvalue weighted by Gasteiger charge is 2.18. The van der Waals surface area contributed by atoms with Gasteiger partial charge in [-0.15, -0.1) is 11.3 Å². The zero-order valence-corrected chi connectivity index (χ0v) is 13.7. The molecule has 1 unspecified atom stereocenters. The van der Waals surface area contributed by atoms with Gasteiger partial charge in [0.2, 0.25) is 0 Å². The van der Waals surface area contributed by atoms with E-state index in [4.69, 9.17) is 0 Å². The number of nitrogens with one attached hydrogen (secondary N) is 1. The van der Waals surface area contributed by atoms with Crippen molar-refractivity contribution >= 4 is 17.0 Å². The molecule has 114 valence electrons. The van der Waals surface area contributed by atoms with E-state index < -0.39 is 0 Å². The van der Waals surface area contributed by atoms with Gasteiger partial charge in [0.1, 0.15) is 5.82 Å². The summed E-state index contributed by atoms with van der Waals surface area (Å²) in [4.78, 5) is 3.44. The van der Waals surface area contributed by atoms with Crippen LogP contribution in [-0.4, -0.2) is 13.6 Å². The summed E-state index contributed by atoms with van der Waals surface area (Å²) in [6.07, 6.45) is 1.05. The summed E-state index contributed by atoms with van der Waals surface area (Å²) in [6.45, 7) is 5.73. The van der Waals surface area contributed by atoms with Crippen LogP contribution in [-0.2, 0) is 6.54 Å². The van der Waals surface area contributed by atoms with Crippen LogP contribution in [0.25, 0.3) is 0 Å². The largest absolute Gasteiger partial charge is 0.367 e. The first-order valence-corrected chi connectivity index (χ1v) is 8.27.